The Morgan fingerprint density at radius 2 is 1.67 bits per heavy atom. The number of carbonyl (C=O) groups is 2. The first-order valence-corrected chi connectivity index (χ1v) is 11.1. The fraction of sp³-hybridized carbons (Fsp3) is 0.222. The summed E-state index contributed by atoms with van der Waals surface area (Å²) in [6, 6.07) is 22.9. The zero-order valence-corrected chi connectivity index (χ0v) is 18.9. The van der Waals surface area contributed by atoms with Crippen molar-refractivity contribution in [3.05, 3.63) is 102 Å². The van der Waals surface area contributed by atoms with E-state index in [0.29, 0.717) is 25.1 Å². The van der Waals surface area contributed by atoms with Crippen LogP contribution in [0, 0.1) is 13.8 Å². The third kappa shape index (κ3) is 5.12. The molecule has 0 aliphatic rings. The summed E-state index contributed by atoms with van der Waals surface area (Å²) in [5.41, 5.74) is 4.43. The minimum atomic E-state index is -0.219. The maximum atomic E-state index is 13.4. The zero-order chi connectivity index (χ0) is 23.2. The molecular weight excluding hydrogens is 412 g/mol. The molecule has 2 aromatic carbocycles. The van der Waals surface area contributed by atoms with Crippen molar-refractivity contribution in [3.8, 4) is 0 Å². The number of nitrogens with zero attached hydrogens (tertiary/aromatic N) is 2. The number of nitrogens with one attached hydrogen (secondary N) is 2. The van der Waals surface area contributed by atoms with Crippen LogP contribution in [0.5, 0.6) is 0 Å². The van der Waals surface area contributed by atoms with E-state index in [9.17, 15) is 9.59 Å². The maximum absolute atomic E-state index is 13.4. The van der Waals surface area contributed by atoms with Gasteiger partial charge in [-0.2, -0.15) is 0 Å². The second-order valence-electron chi connectivity index (χ2n) is 8.16. The smallest absolute Gasteiger partial charge is 0.326 e. The van der Waals surface area contributed by atoms with Gasteiger partial charge >= 0.3 is 6.03 Å². The van der Waals surface area contributed by atoms with Gasteiger partial charge in [-0.25, -0.2) is 4.79 Å². The second-order valence-corrected chi connectivity index (χ2v) is 8.16. The standard InChI is InChI=1S/C27H28N4O2/c1-19-20(2)31(25-14-7-6-12-23(19)25)27(33)30-22(18-21-10-4-3-5-11-21)15-17-29-26(32)24-13-8-9-16-28-24/h3-14,16,22H,15,17-18H2,1-2H3,(H,29,32)(H,30,33). The molecule has 2 heterocycles. The van der Waals surface area contributed by atoms with Crippen LogP contribution in [0.25, 0.3) is 10.9 Å². The van der Waals surface area contributed by atoms with Crippen LogP contribution in [0.3, 0.4) is 0 Å². The van der Waals surface area contributed by atoms with Crippen LogP contribution < -0.4 is 10.6 Å². The van der Waals surface area contributed by atoms with E-state index in [1.165, 1.54) is 0 Å². The fourth-order valence-corrected chi connectivity index (χ4v) is 4.10. The minimum absolute atomic E-state index is 0.148. The molecule has 33 heavy (non-hydrogen) atoms. The summed E-state index contributed by atoms with van der Waals surface area (Å²) in [4.78, 5) is 29.8. The number of aryl methyl sites for hydroxylation is 1. The number of pyridine rings is 1. The Kier molecular flexibility index (Phi) is 6.83. The highest BCUT2D eigenvalue weighted by Gasteiger charge is 2.20. The SMILES string of the molecule is Cc1c(C)n(C(=O)NC(CCNC(=O)c2ccccn2)Cc2ccccc2)c2ccccc12. The molecule has 0 fully saturated rings. The lowest BCUT2D eigenvalue weighted by atomic mass is 10.0. The number of amides is 2. The summed E-state index contributed by atoms with van der Waals surface area (Å²) in [5.74, 6) is -0.219. The predicted octanol–water partition coefficient (Wildman–Crippen LogP) is 4.64. The molecule has 1 unspecified atom stereocenters. The molecule has 4 rings (SSSR count). The molecule has 0 spiro atoms. The van der Waals surface area contributed by atoms with Crippen molar-refractivity contribution in [1.29, 1.82) is 0 Å². The van der Waals surface area contributed by atoms with Crippen LogP contribution in [-0.4, -0.2) is 34.1 Å². The highest BCUT2D eigenvalue weighted by Crippen LogP contribution is 2.24. The molecule has 4 aromatic rings. The Morgan fingerprint density at radius 3 is 2.42 bits per heavy atom. The number of carbonyl (C=O) groups excluding carboxylic acids is 2. The van der Waals surface area contributed by atoms with Crippen LogP contribution in [-0.2, 0) is 6.42 Å². The van der Waals surface area contributed by atoms with Crippen molar-refractivity contribution in [1.82, 2.24) is 20.2 Å². The predicted molar refractivity (Wildman–Crippen MR) is 130 cm³/mol. The first-order chi connectivity index (χ1) is 16.0. The fourth-order valence-electron chi connectivity index (χ4n) is 4.10. The third-order valence-corrected chi connectivity index (χ3v) is 5.96. The summed E-state index contributed by atoms with van der Waals surface area (Å²) in [6.07, 6.45) is 2.86. The van der Waals surface area contributed by atoms with E-state index in [1.54, 1.807) is 29.0 Å². The highest BCUT2D eigenvalue weighted by atomic mass is 16.2. The summed E-state index contributed by atoms with van der Waals surface area (Å²) >= 11 is 0. The molecule has 6 nitrogen and oxygen atoms in total. The van der Waals surface area contributed by atoms with E-state index in [0.717, 1.165) is 27.7 Å². The highest BCUT2D eigenvalue weighted by molar-refractivity contribution is 5.95. The normalized spacial score (nSPS) is 11.8. The number of hydrogen-bond acceptors (Lipinski definition) is 3. The quantitative estimate of drug-likeness (QED) is 0.439. The van der Waals surface area contributed by atoms with E-state index in [2.05, 4.69) is 15.6 Å². The van der Waals surface area contributed by atoms with Gasteiger partial charge in [0, 0.05) is 29.9 Å². The summed E-state index contributed by atoms with van der Waals surface area (Å²) in [5, 5.41) is 7.19. The lowest BCUT2D eigenvalue weighted by Crippen LogP contribution is -2.41. The van der Waals surface area contributed by atoms with Gasteiger partial charge in [0.05, 0.1) is 5.52 Å². The summed E-state index contributed by atoms with van der Waals surface area (Å²) < 4.78 is 1.75. The summed E-state index contributed by atoms with van der Waals surface area (Å²) in [7, 11) is 0. The van der Waals surface area contributed by atoms with Gasteiger partial charge in [-0.05, 0) is 56.0 Å². The van der Waals surface area contributed by atoms with E-state index < -0.39 is 0 Å². The van der Waals surface area contributed by atoms with E-state index in [1.807, 2.05) is 68.4 Å². The first-order valence-electron chi connectivity index (χ1n) is 11.1. The third-order valence-electron chi connectivity index (χ3n) is 5.96. The number of rotatable bonds is 7. The molecule has 0 saturated heterocycles. The molecule has 2 N–H and O–H groups in total. The van der Waals surface area contributed by atoms with Crippen molar-refractivity contribution in [2.75, 3.05) is 6.54 Å². The zero-order valence-electron chi connectivity index (χ0n) is 18.9. The number of aromatic nitrogens is 2. The van der Waals surface area contributed by atoms with Crippen molar-refractivity contribution < 1.29 is 9.59 Å². The van der Waals surface area contributed by atoms with Crippen molar-refractivity contribution in [3.63, 3.8) is 0 Å². The van der Waals surface area contributed by atoms with Crippen LogP contribution in [0.1, 0.15) is 33.7 Å². The summed E-state index contributed by atoms with van der Waals surface area (Å²) in [6.45, 7) is 4.43. The number of para-hydroxylation sites is 1. The van der Waals surface area contributed by atoms with Gasteiger partial charge in [0.15, 0.2) is 0 Å². The van der Waals surface area contributed by atoms with E-state index >= 15 is 0 Å². The average Bonchev–Trinajstić information content (AvgIpc) is 3.10. The van der Waals surface area contributed by atoms with Crippen LogP contribution in [0.4, 0.5) is 4.79 Å². The van der Waals surface area contributed by atoms with Gasteiger partial charge < -0.3 is 10.6 Å². The van der Waals surface area contributed by atoms with Gasteiger partial charge in [0.1, 0.15) is 5.69 Å². The molecule has 0 aliphatic carbocycles. The van der Waals surface area contributed by atoms with E-state index in [-0.39, 0.29) is 18.0 Å². The molecule has 2 amide bonds. The van der Waals surface area contributed by atoms with Gasteiger partial charge in [-0.1, -0.05) is 54.6 Å². The molecule has 0 bridgehead atoms. The molecule has 2 aromatic heterocycles. The molecule has 0 aliphatic heterocycles. The lowest BCUT2D eigenvalue weighted by molar-refractivity contribution is 0.0947. The van der Waals surface area contributed by atoms with Crippen molar-refractivity contribution in [2.45, 2.75) is 32.7 Å². The van der Waals surface area contributed by atoms with Gasteiger partial charge in [-0.3, -0.25) is 14.3 Å². The molecular formula is C27H28N4O2. The first kappa shape index (κ1) is 22.3. The Hall–Kier alpha value is -3.93. The Balaban J connectivity index is 1.49. The molecule has 168 valence electrons. The topological polar surface area (TPSA) is 76.0 Å². The lowest BCUT2D eigenvalue weighted by Gasteiger charge is -2.20. The Bertz CT molecular complexity index is 1250. The molecule has 0 radical (unpaired) electrons. The number of hydrogen-bond donors (Lipinski definition) is 2. The van der Waals surface area contributed by atoms with Gasteiger partial charge in [0.2, 0.25) is 0 Å². The number of benzene rings is 2. The van der Waals surface area contributed by atoms with Gasteiger partial charge in [-0.15, -0.1) is 0 Å². The molecule has 6 heteroatoms. The van der Waals surface area contributed by atoms with Gasteiger partial charge in [0.25, 0.3) is 5.91 Å². The van der Waals surface area contributed by atoms with Crippen LogP contribution >= 0.6 is 0 Å². The Morgan fingerprint density at radius 1 is 0.939 bits per heavy atom. The van der Waals surface area contributed by atoms with Crippen molar-refractivity contribution >= 4 is 22.8 Å². The monoisotopic (exact) mass is 440 g/mol. The minimum Gasteiger partial charge on any atom is -0.351 e. The van der Waals surface area contributed by atoms with Crippen LogP contribution in [0.2, 0.25) is 0 Å². The largest absolute Gasteiger partial charge is 0.351 e. The number of fused-ring (bicyclic) bond motifs is 1. The Labute approximate surface area is 193 Å². The van der Waals surface area contributed by atoms with Crippen molar-refractivity contribution in [2.24, 2.45) is 0 Å². The molecule has 0 saturated carbocycles. The average molecular weight is 441 g/mol. The maximum Gasteiger partial charge on any atom is 0.326 e. The second kappa shape index (κ2) is 10.1. The van der Waals surface area contributed by atoms with Crippen LogP contribution in [0.15, 0.2) is 79.0 Å². The van der Waals surface area contributed by atoms with E-state index in [4.69, 9.17) is 0 Å². The molecule has 1 atom stereocenters.